The van der Waals surface area contributed by atoms with Gasteiger partial charge in [0.05, 0.1) is 31.0 Å². The predicted octanol–water partition coefficient (Wildman–Crippen LogP) is 3.63. The van der Waals surface area contributed by atoms with Crippen molar-refractivity contribution in [2.75, 3.05) is 40.5 Å². The summed E-state index contributed by atoms with van der Waals surface area (Å²) in [5.74, 6) is 3.12. The molecule has 2 aliphatic rings. The number of rotatable bonds is 7. The molecule has 196 valence electrons. The van der Waals surface area contributed by atoms with Crippen LogP contribution in [0.3, 0.4) is 0 Å². The summed E-state index contributed by atoms with van der Waals surface area (Å²) in [6.45, 7) is 3.97. The summed E-state index contributed by atoms with van der Waals surface area (Å²) in [7, 11) is 3.25. The zero-order valence-electron chi connectivity index (χ0n) is 20.7. The first-order chi connectivity index (χ1) is 17.6. The van der Waals surface area contributed by atoms with Crippen molar-refractivity contribution in [2.24, 2.45) is 5.92 Å². The van der Waals surface area contributed by atoms with Gasteiger partial charge in [-0.15, -0.1) is 23.7 Å². The molecular weight excluding hydrogens is 516 g/mol. The second kappa shape index (κ2) is 10.4. The summed E-state index contributed by atoms with van der Waals surface area (Å²) in [5.41, 5.74) is 1.60. The molecule has 1 N–H and O–H groups in total. The molecule has 3 aromatic heterocycles. The summed E-state index contributed by atoms with van der Waals surface area (Å²) in [6, 6.07) is 9.61. The minimum Gasteiger partial charge on any atom is -0.496 e. The molecule has 0 spiro atoms. The van der Waals surface area contributed by atoms with Gasteiger partial charge in [-0.3, -0.25) is 9.36 Å². The Morgan fingerprint density at radius 1 is 1.11 bits per heavy atom. The highest BCUT2D eigenvalue weighted by Gasteiger charge is 2.40. The molecule has 1 saturated heterocycles. The lowest BCUT2D eigenvalue weighted by Crippen LogP contribution is -2.34. The lowest BCUT2D eigenvalue weighted by Gasteiger charge is -2.29. The fourth-order valence-electron chi connectivity index (χ4n) is 5.57. The predicted molar refractivity (Wildman–Crippen MR) is 146 cm³/mol. The molecule has 2 atom stereocenters. The third kappa shape index (κ3) is 4.47. The molecule has 0 aliphatic carbocycles. The van der Waals surface area contributed by atoms with Crippen LogP contribution in [0.2, 0.25) is 0 Å². The number of ether oxygens (including phenoxy) is 3. The lowest BCUT2D eigenvalue weighted by atomic mass is 9.86. The molecule has 5 heterocycles. The van der Waals surface area contributed by atoms with E-state index in [0.717, 1.165) is 55.3 Å². The third-order valence-corrected chi connectivity index (χ3v) is 8.46. The molecule has 0 bridgehead atoms. The average Bonchev–Trinajstić information content (AvgIpc) is 3.48. The zero-order chi connectivity index (χ0) is 24.8. The number of halogens is 1. The SMILES string of the molecule is COc1ccc2sc3c(=O)n(CCCCN4C[C@@H]5COc6cccc(OC)c6[C@H]5C4)c(=O)[nH]c3c2n1.Cl. The lowest BCUT2D eigenvalue weighted by molar-refractivity contribution is 0.209. The number of methoxy groups -OCH3 is 2. The Hall–Kier alpha value is -3.08. The molecule has 4 aromatic rings. The van der Waals surface area contributed by atoms with Gasteiger partial charge in [0, 0.05) is 43.1 Å². The number of hydrogen-bond donors (Lipinski definition) is 1. The molecule has 9 nitrogen and oxygen atoms in total. The number of aromatic nitrogens is 3. The van der Waals surface area contributed by atoms with Crippen molar-refractivity contribution in [3.63, 3.8) is 0 Å². The quantitative estimate of drug-likeness (QED) is 0.355. The van der Waals surface area contributed by atoms with Gasteiger partial charge in [-0.2, -0.15) is 0 Å². The van der Waals surface area contributed by atoms with E-state index in [2.05, 4.69) is 14.9 Å². The molecular formula is C26H29ClN4O5S. The van der Waals surface area contributed by atoms with Gasteiger partial charge in [0.25, 0.3) is 5.56 Å². The Bertz CT molecular complexity index is 1550. The van der Waals surface area contributed by atoms with Gasteiger partial charge < -0.3 is 24.1 Å². The Balaban J connectivity index is 0.00000280. The Morgan fingerprint density at radius 2 is 1.95 bits per heavy atom. The standard InChI is InChI=1S/C26H28N4O5S.ClH/c1-33-17-6-5-7-18-21(17)16-13-29(12-15(16)14-35-18)10-3-4-11-30-25(31)24-23(28-26(30)32)22-19(36-24)8-9-20(27-22)34-2;/h5-9,15-16H,3-4,10-14H2,1-2H3,(H,28,32);1H/t15-,16+;/m1./s1. The maximum absolute atomic E-state index is 13.1. The minimum absolute atomic E-state index is 0. The van der Waals surface area contributed by atoms with Crippen LogP contribution in [0.15, 0.2) is 39.9 Å². The number of likely N-dealkylation sites (tertiary alicyclic amines) is 1. The van der Waals surface area contributed by atoms with E-state index < -0.39 is 5.69 Å². The molecule has 0 saturated carbocycles. The molecule has 0 radical (unpaired) electrons. The second-order valence-corrected chi connectivity index (χ2v) is 10.5. The number of fused-ring (bicyclic) bond motifs is 6. The summed E-state index contributed by atoms with van der Waals surface area (Å²) < 4.78 is 19.5. The van der Waals surface area contributed by atoms with Crippen LogP contribution >= 0.6 is 23.7 Å². The topological polar surface area (TPSA) is 98.7 Å². The molecule has 11 heteroatoms. The van der Waals surface area contributed by atoms with Crippen LogP contribution < -0.4 is 25.5 Å². The van der Waals surface area contributed by atoms with Crippen molar-refractivity contribution in [1.82, 2.24) is 19.4 Å². The van der Waals surface area contributed by atoms with Crippen molar-refractivity contribution in [3.05, 3.63) is 56.7 Å². The van der Waals surface area contributed by atoms with Crippen molar-refractivity contribution in [1.29, 1.82) is 0 Å². The van der Waals surface area contributed by atoms with Crippen LogP contribution in [0.4, 0.5) is 0 Å². The number of nitrogens with zero attached hydrogens (tertiary/aromatic N) is 3. The van der Waals surface area contributed by atoms with Crippen LogP contribution in [-0.4, -0.2) is 59.9 Å². The first-order valence-electron chi connectivity index (χ1n) is 12.2. The highest BCUT2D eigenvalue weighted by atomic mass is 35.5. The fraction of sp³-hybridized carbons (Fsp3) is 0.423. The molecule has 6 rings (SSSR count). The largest absolute Gasteiger partial charge is 0.496 e. The highest BCUT2D eigenvalue weighted by molar-refractivity contribution is 7.25. The van der Waals surface area contributed by atoms with E-state index in [4.69, 9.17) is 14.2 Å². The summed E-state index contributed by atoms with van der Waals surface area (Å²) >= 11 is 1.35. The number of aromatic amines is 1. The molecule has 1 fully saturated rings. The van der Waals surface area contributed by atoms with Crippen molar-refractivity contribution in [3.8, 4) is 17.4 Å². The fourth-order valence-corrected chi connectivity index (χ4v) is 6.61. The van der Waals surface area contributed by atoms with Gasteiger partial charge >= 0.3 is 5.69 Å². The van der Waals surface area contributed by atoms with Gasteiger partial charge in [-0.1, -0.05) is 6.07 Å². The molecule has 37 heavy (non-hydrogen) atoms. The summed E-state index contributed by atoms with van der Waals surface area (Å²) in [5, 5.41) is 0. The van der Waals surface area contributed by atoms with Crippen LogP contribution in [0, 0.1) is 5.92 Å². The van der Waals surface area contributed by atoms with Crippen LogP contribution in [0.25, 0.3) is 20.4 Å². The maximum atomic E-state index is 13.1. The number of H-pyrrole nitrogens is 1. The first-order valence-corrected chi connectivity index (χ1v) is 13.0. The normalized spacial score (nSPS) is 18.8. The number of nitrogens with one attached hydrogen (secondary N) is 1. The van der Waals surface area contributed by atoms with Crippen LogP contribution in [0.5, 0.6) is 17.4 Å². The van der Waals surface area contributed by atoms with E-state index in [1.54, 1.807) is 13.2 Å². The number of unbranched alkanes of at least 4 members (excludes halogenated alkanes) is 1. The number of pyridine rings is 1. The van der Waals surface area contributed by atoms with E-state index >= 15 is 0 Å². The number of hydrogen-bond acceptors (Lipinski definition) is 8. The van der Waals surface area contributed by atoms with Crippen molar-refractivity contribution >= 4 is 44.2 Å². The van der Waals surface area contributed by atoms with E-state index in [0.29, 0.717) is 40.0 Å². The smallest absolute Gasteiger partial charge is 0.328 e. The molecule has 1 aromatic carbocycles. The van der Waals surface area contributed by atoms with Crippen LogP contribution in [-0.2, 0) is 6.54 Å². The van der Waals surface area contributed by atoms with E-state index in [1.165, 1.54) is 28.6 Å². The minimum atomic E-state index is -0.398. The summed E-state index contributed by atoms with van der Waals surface area (Å²) in [6.07, 6.45) is 1.64. The van der Waals surface area contributed by atoms with Crippen molar-refractivity contribution < 1.29 is 14.2 Å². The zero-order valence-corrected chi connectivity index (χ0v) is 22.3. The number of thiophene rings is 1. The average molecular weight is 545 g/mol. The van der Waals surface area contributed by atoms with Gasteiger partial charge in [0.1, 0.15) is 21.7 Å². The van der Waals surface area contributed by atoms with Crippen molar-refractivity contribution in [2.45, 2.75) is 25.3 Å². The highest BCUT2D eigenvalue weighted by Crippen LogP contribution is 2.46. The van der Waals surface area contributed by atoms with Gasteiger partial charge in [0.2, 0.25) is 5.88 Å². The summed E-state index contributed by atoms with van der Waals surface area (Å²) in [4.78, 5) is 35.6. The maximum Gasteiger partial charge on any atom is 0.328 e. The Labute approximate surface area is 223 Å². The van der Waals surface area contributed by atoms with Gasteiger partial charge in [-0.25, -0.2) is 9.78 Å². The monoisotopic (exact) mass is 544 g/mol. The third-order valence-electron chi connectivity index (χ3n) is 7.33. The van der Waals surface area contributed by atoms with E-state index in [1.807, 2.05) is 24.3 Å². The molecule has 0 amide bonds. The molecule has 2 aliphatic heterocycles. The van der Waals surface area contributed by atoms with Gasteiger partial charge in [0.15, 0.2) is 0 Å². The Morgan fingerprint density at radius 3 is 2.76 bits per heavy atom. The van der Waals surface area contributed by atoms with Gasteiger partial charge in [-0.05, 0) is 37.6 Å². The molecule has 0 unspecified atom stereocenters. The van der Waals surface area contributed by atoms with E-state index in [-0.39, 0.29) is 18.0 Å². The number of benzene rings is 1. The first kappa shape index (κ1) is 25.6. The van der Waals surface area contributed by atoms with E-state index in [9.17, 15) is 9.59 Å². The Kier molecular flexibility index (Phi) is 7.15. The second-order valence-electron chi connectivity index (χ2n) is 9.41. The van der Waals surface area contributed by atoms with Crippen LogP contribution in [0.1, 0.15) is 24.3 Å².